The Morgan fingerprint density at radius 2 is 2.21 bits per heavy atom. The zero-order valence-corrected chi connectivity index (χ0v) is 7.16. The lowest BCUT2D eigenvalue weighted by Gasteiger charge is -1.90. The summed E-state index contributed by atoms with van der Waals surface area (Å²) in [7, 11) is 0. The van der Waals surface area contributed by atoms with Gasteiger partial charge in [-0.2, -0.15) is 0 Å². The molecule has 0 unspecified atom stereocenters. The van der Waals surface area contributed by atoms with Crippen molar-refractivity contribution < 1.29 is 9.90 Å². The van der Waals surface area contributed by atoms with Gasteiger partial charge in [0, 0.05) is 12.3 Å². The van der Waals surface area contributed by atoms with Gasteiger partial charge in [-0.3, -0.25) is 0 Å². The molecule has 0 radical (unpaired) electrons. The summed E-state index contributed by atoms with van der Waals surface area (Å²) in [5.41, 5.74) is 1.52. The highest BCUT2D eigenvalue weighted by atomic mass is 16.4. The molecule has 1 aromatic heterocycles. The standard InChI is InChI=1S/C9H7N3O2/c13-9(14)5-6-12-8-4-2-1-3-7(8)10-11-12/h1-6H,(H,13,14)/b6-5-. The van der Waals surface area contributed by atoms with E-state index in [2.05, 4.69) is 10.3 Å². The SMILES string of the molecule is O=C(O)/C=C\n1nnc2ccccc21. The highest BCUT2D eigenvalue weighted by molar-refractivity contribution is 5.84. The van der Waals surface area contributed by atoms with Gasteiger partial charge in [-0.15, -0.1) is 5.10 Å². The Labute approximate surface area is 79.3 Å². The maximum absolute atomic E-state index is 10.3. The average molecular weight is 189 g/mol. The van der Waals surface area contributed by atoms with Crippen molar-refractivity contribution in [2.24, 2.45) is 0 Å². The van der Waals surface area contributed by atoms with Crippen molar-refractivity contribution in [1.29, 1.82) is 0 Å². The van der Waals surface area contributed by atoms with Gasteiger partial charge in [0.25, 0.3) is 0 Å². The van der Waals surface area contributed by atoms with E-state index in [1.807, 2.05) is 24.3 Å². The number of aliphatic carboxylic acids is 1. The highest BCUT2D eigenvalue weighted by Crippen LogP contribution is 2.09. The Bertz CT molecular complexity index is 501. The average Bonchev–Trinajstić information content (AvgIpc) is 2.58. The van der Waals surface area contributed by atoms with E-state index >= 15 is 0 Å². The van der Waals surface area contributed by atoms with Crippen molar-refractivity contribution >= 4 is 23.2 Å². The molecule has 0 amide bonds. The second kappa shape index (κ2) is 3.29. The fourth-order valence-electron chi connectivity index (χ4n) is 1.13. The van der Waals surface area contributed by atoms with Crippen molar-refractivity contribution in [2.45, 2.75) is 0 Å². The van der Waals surface area contributed by atoms with Crippen LogP contribution in [0.25, 0.3) is 17.2 Å². The number of para-hydroxylation sites is 1. The van der Waals surface area contributed by atoms with Crippen molar-refractivity contribution in [3.63, 3.8) is 0 Å². The van der Waals surface area contributed by atoms with Gasteiger partial charge >= 0.3 is 5.97 Å². The van der Waals surface area contributed by atoms with Gasteiger partial charge in [0.05, 0.1) is 5.52 Å². The topological polar surface area (TPSA) is 68.0 Å². The number of fused-ring (bicyclic) bond motifs is 1. The third-order valence-corrected chi connectivity index (χ3v) is 1.74. The van der Waals surface area contributed by atoms with Crippen molar-refractivity contribution in [2.75, 3.05) is 0 Å². The van der Waals surface area contributed by atoms with Crippen LogP contribution in [0.2, 0.25) is 0 Å². The first-order valence-electron chi connectivity index (χ1n) is 3.98. The molecule has 1 heterocycles. The van der Waals surface area contributed by atoms with E-state index in [1.54, 1.807) is 0 Å². The smallest absolute Gasteiger partial charge is 0.329 e. The van der Waals surface area contributed by atoms with Crippen LogP contribution < -0.4 is 0 Å². The van der Waals surface area contributed by atoms with Crippen LogP contribution in [0, 0.1) is 0 Å². The molecule has 0 bridgehead atoms. The lowest BCUT2D eigenvalue weighted by atomic mass is 10.3. The van der Waals surface area contributed by atoms with Gasteiger partial charge in [0.15, 0.2) is 0 Å². The molecule has 14 heavy (non-hydrogen) atoms. The summed E-state index contributed by atoms with van der Waals surface area (Å²) < 4.78 is 1.42. The highest BCUT2D eigenvalue weighted by Gasteiger charge is 1.99. The minimum absolute atomic E-state index is 0.738. The van der Waals surface area contributed by atoms with E-state index in [0.717, 1.165) is 17.1 Å². The molecule has 0 aliphatic heterocycles. The van der Waals surface area contributed by atoms with Gasteiger partial charge in [-0.05, 0) is 12.1 Å². The second-order valence-electron chi connectivity index (χ2n) is 2.68. The molecule has 1 N–H and O–H groups in total. The largest absolute Gasteiger partial charge is 0.478 e. The van der Waals surface area contributed by atoms with Gasteiger partial charge in [0.1, 0.15) is 5.52 Å². The Balaban J connectivity index is 2.48. The first-order valence-corrected chi connectivity index (χ1v) is 3.98. The molecule has 0 aliphatic carbocycles. The monoisotopic (exact) mass is 189 g/mol. The van der Waals surface area contributed by atoms with Crippen molar-refractivity contribution in [3.8, 4) is 0 Å². The lowest BCUT2D eigenvalue weighted by molar-refractivity contribution is -0.131. The number of carboxylic acid groups (broad SMARTS) is 1. The third-order valence-electron chi connectivity index (χ3n) is 1.74. The Morgan fingerprint density at radius 3 is 3.00 bits per heavy atom. The molecule has 1 aromatic carbocycles. The molecular weight excluding hydrogens is 182 g/mol. The maximum atomic E-state index is 10.3. The van der Waals surface area contributed by atoms with Gasteiger partial charge in [-0.1, -0.05) is 17.3 Å². The van der Waals surface area contributed by atoms with Gasteiger partial charge < -0.3 is 5.11 Å². The fraction of sp³-hybridized carbons (Fsp3) is 0. The van der Waals surface area contributed by atoms with E-state index in [9.17, 15) is 4.79 Å². The zero-order valence-electron chi connectivity index (χ0n) is 7.16. The third kappa shape index (κ3) is 1.47. The first kappa shape index (κ1) is 8.43. The quantitative estimate of drug-likeness (QED) is 0.715. The summed E-state index contributed by atoms with van der Waals surface area (Å²) in [4.78, 5) is 10.3. The Kier molecular flexibility index (Phi) is 1.98. The number of carbonyl (C=O) groups is 1. The number of aromatic nitrogens is 3. The molecule has 2 aromatic rings. The summed E-state index contributed by atoms with van der Waals surface area (Å²) in [6.45, 7) is 0. The number of nitrogens with zero attached hydrogens (tertiary/aromatic N) is 3. The van der Waals surface area contributed by atoms with Crippen molar-refractivity contribution in [3.05, 3.63) is 30.3 Å². The van der Waals surface area contributed by atoms with E-state index in [-0.39, 0.29) is 0 Å². The van der Waals surface area contributed by atoms with Crippen LogP contribution >= 0.6 is 0 Å². The van der Waals surface area contributed by atoms with E-state index in [4.69, 9.17) is 5.11 Å². The Morgan fingerprint density at radius 1 is 1.43 bits per heavy atom. The molecule has 5 nitrogen and oxygen atoms in total. The van der Waals surface area contributed by atoms with E-state index in [0.29, 0.717) is 0 Å². The van der Waals surface area contributed by atoms with Crippen molar-refractivity contribution in [1.82, 2.24) is 15.0 Å². The number of hydrogen-bond donors (Lipinski definition) is 1. The molecule has 0 saturated heterocycles. The predicted octanol–water partition coefficient (Wildman–Crippen LogP) is 0.987. The number of carboxylic acids is 1. The van der Waals surface area contributed by atoms with Crippen LogP contribution in [0.4, 0.5) is 0 Å². The minimum atomic E-state index is -1.01. The minimum Gasteiger partial charge on any atom is -0.478 e. The zero-order chi connectivity index (χ0) is 9.97. The molecule has 5 heteroatoms. The molecule has 70 valence electrons. The summed E-state index contributed by atoms with van der Waals surface area (Å²) in [5, 5.41) is 16.1. The molecule has 2 rings (SSSR count). The second-order valence-corrected chi connectivity index (χ2v) is 2.68. The first-order chi connectivity index (χ1) is 6.77. The van der Waals surface area contributed by atoms with Gasteiger partial charge in [0.2, 0.25) is 0 Å². The van der Waals surface area contributed by atoms with Crippen LogP contribution in [0.3, 0.4) is 0 Å². The van der Waals surface area contributed by atoms with Gasteiger partial charge in [-0.25, -0.2) is 9.48 Å². The molecule has 0 spiro atoms. The predicted molar refractivity (Wildman–Crippen MR) is 50.5 cm³/mol. The summed E-state index contributed by atoms with van der Waals surface area (Å²) in [6, 6.07) is 7.33. The van der Waals surface area contributed by atoms with Crippen LogP contribution in [0.15, 0.2) is 30.3 Å². The number of hydrogen-bond acceptors (Lipinski definition) is 3. The maximum Gasteiger partial charge on any atom is 0.329 e. The van der Waals surface area contributed by atoms with Crippen LogP contribution in [0.5, 0.6) is 0 Å². The van der Waals surface area contributed by atoms with E-state index in [1.165, 1.54) is 10.9 Å². The number of rotatable bonds is 2. The fourth-order valence-corrected chi connectivity index (χ4v) is 1.13. The number of benzene rings is 1. The lowest BCUT2D eigenvalue weighted by Crippen LogP contribution is -1.92. The van der Waals surface area contributed by atoms with Crippen LogP contribution in [0.1, 0.15) is 0 Å². The molecule has 0 atom stereocenters. The van der Waals surface area contributed by atoms with Crippen LogP contribution in [-0.4, -0.2) is 26.1 Å². The summed E-state index contributed by atoms with van der Waals surface area (Å²) in [5.74, 6) is -1.01. The Hall–Kier alpha value is -2.17. The summed E-state index contributed by atoms with van der Waals surface area (Å²) >= 11 is 0. The molecular formula is C9H7N3O2. The van der Waals surface area contributed by atoms with Crippen LogP contribution in [-0.2, 0) is 4.79 Å². The normalized spacial score (nSPS) is 11.1. The van der Waals surface area contributed by atoms with E-state index < -0.39 is 5.97 Å². The molecule has 0 saturated carbocycles. The molecule has 0 aliphatic rings. The molecule has 0 fully saturated rings. The summed E-state index contributed by atoms with van der Waals surface area (Å²) in [6.07, 6.45) is 2.37.